The predicted molar refractivity (Wildman–Crippen MR) is 86.4 cm³/mol. The van der Waals surface area contributed by atoms with Crippen molar-refractivity contribution in [2.24, 2.45) is 5.92 Å². The summed E-state index contributed by atoms with van der Waals surface area (Å²) in [6.45, 7) is 4.97. The zero-order valence-corrected chi connectivity index (χ0v) is 13.6. The zero-order chi connectivity index (χ0) is 16.2. The van der Waals surface area contributed by atoms with Gasteiger partial charge in [-0.15, -0.1) is 0 Å². The van der Waals surface area contributed by atoms with E-state index in [1.807, 2.05) is 38.1 Å². The van der Waals surface area contributed by atoms with Gasteiger partial charge in [0.25, 0.3) is 0 Å². The van der Waals surface area contributed by atoms with Crippen molar-refractivity contribution in [2.75, 3.05) is 13.2 Å². The monoisotopic (exact) mass is 314 g/mol. The number of fused-ring (bicyclic) bond motifs is 1. The topological polar surface area (TPSA) is 64.4 Å². The molecule has 1 aliphatic rings. The van der Waals surface area contributed by atoms with Crippen molar-refractivity contribution in [1.29, 1.82) is 0 Å². The Labute approximate surface area is 136 Å². The fourth-order valence-electron chi connectivity index (χ4n) is 2.98. The normalized spacial score (nSPS) is 16.5. The van der Waals surface area contributed by atoms with Crippen LogP contribution in [0.3, 0.4) is 0 Å². The molecule has 1 amide bonds. The number of hydrogen-bond acceptors (Lipinski definition) is 4. The van der Waals surface area contributed by atoms with Crippen LogP contribution >= 0.6 is 0 Å². The van der Waals surface area contributed by atoms with Crippen LogP contribution in [0.25, 0.3) is 0 Å². The van der Waals surface area contributed by atoms with Gasteiger partial charge < -0.3 is 14.6 Å². The number of carbonyl (C=O) groups is 1. The number of amides is 1. The average molecular weight is 314 g/mol. The van der Waals surface area contributed by atoms with Gasteiger partial charge in [-0.05, 0) is 44.7 Å². The van der Waals surface area contributed by atoms with Crippen LogP contribution in [-0.4, -0.2) is 24.2 Å². The van der Waals surface area contributed by atoms with E-state index in [0.29, 0.717) is 13.2 Å². The largest absolute Gasteiger partial charge is 0.492 e. The highest BCUT2D eigenvalue weighted by Crippen LogP contribution is 2.26. The predicted octanol–water partition coefficient (Wildman–Crippen LogP) is 2.59. The van der Waals surface area contributed by atoms with Crippen LogP contribution in [0, 0.1) is 19.8 Å². The summed E-state index contributed by atoms with van der Waals surface area (Å²) in [5.74, 6) is 1.73. The smallest absolute Gasteiger partial charge is 0.226 e. The molecule has 0 saturated carbocycles. The van der Waals surface area contributed by atoms with Gasteiger partial charge in [0, 0.05) is 12.1 Å². The Bertz CT molecular complexity index is 674. The minimum absolute atomic E-state index is 0.0678. The van der Waals surface area contributed by atoms with E-state index in [0.717, 1.165) is 47.6 Å². The first-order chi connectivity index (χ1) is 11.1. The van der Waals surface area contributed by atoms with Crippen molar-refractivity contribution < 1.29 is 14.1 Å². The standard InChI is InChI=1S/C18H22N2O3/c1-12-16(13(2)23-20-12)7-5-9-19-18(21)15-10-14-6-3-4-8-17(14)22-11-15/h3-4,6,8,15H,5,7,9-11H2,1-2H3,(H,19,21). The minimum atomic E-state index is -0.107. The SMILES string of the molecule is Cc1noc(C)c1CCCNC(=O)C1COc2ccccc2C1. The number of rotatable bonds is 5. The highest BCUT2D eigenvalue weighted by molar-refractivity contribution is 5.79. The molecule has 0 radical (unpaired) electrons. The molecule has 1 aromatic carbocycles. The second-order valence-corrected chi connectivity index (χ2v) is 6.02. The third-order valence-corrected chi connectivity index (χ3v) is 4.33. The fourth-order valence-corrected chi connectivity index (χ4v) is 2.98. The maximum atomic E-state index is 12.3. The summed E-state index contributed by atoms with van der Waals surface area (Å²) in [5.41, 5.74) is 3.19. The Hall–Kier alpha value is -2.30. The molecule has 0 bridgehead atoms. The summed E-state index contributed by atoms with van der Waals surface area (Å²) < 4.78 is 10.8. The number of aryl methyl sites for hydroxylation is 2. The Morgan fingerprint density at radius 2 is 2.17 bits per heavy atom. The van der Waals surface area contributed by atoms with Gasteiger partial charge in [0.15, 0.2) is 0 Å². The van der Waals surface area contributed by atoms with Gasteiger partial charge in [-0.25, -0.2) is 0 Å². The summed E-state index contributed by atoms with van der Waals surface area (Å²) in [5, 5.41) is 6.96. The van der Waals surface area contributed by atoms with E-state index < -0.39 is 0 Å². The molecule has 0 spiro atoms. The fraction of sp³-hybridized carbons (Fsp3) is 0.444. The molecule has 1 aromatic heterocycles. The van der Waals surface area contributed by atoms with Gasteiger partial charge in [0.05, 0.1) is 11.6 Å². The molecule has 0 aliphatic carbocycles. The number of benzene rings is 1. The molecule has 23 heavy (non-hydrogen) atoms. The first-order valence-electron chi connectivity index (χ1n) is 8.05. The van der Waals surface area contributed by atoms with E-state index in [-0.39, 0.29) is 11.8 Å². The average Bonchev–Trinajstić information content (AvgIpc) is 2.89. The minimum Gasteiger partial charge on any atom is -0.492 e. The van der Waals surface area contributed by atoms with Crippen LogP contribution in [0.4, 0.5) is 0 Å². The number of nitrogens with zero attached hydrogens (tertiary/aromatic N) is 1. The highest BCUT2D eigenvalue weighted by atomic mass is 16.5. The number of ether oxygens (including phenoxy) is 1. The first-order valence-corrected chi connectivity index (χ1v) is 8.05. The van der Waals surface area contributed by atoms with Crippen molar-refractivity contribution in [1.82, 2.24) is 10.5 Å². The van der Waals surface area contributed by atoms with Crippen molar-refractivity contribution in [2.45, 2.75) is 33.1 Å². The van der Waals surface area contributed by atoms with Crippen molar-refractivity contribution in [3.63, 3.8) is 0 Å². The molecule has 1 atom stereocenters. The zero-order valence-electron chi connectivity index (χ0n) is 13.6. The van der Waals surface area contributed by atoms with Gasteiger partial charge in [-0.3, -0.25) is 4.79 Å². The molecule has 2 heterocycles. The summed E-state index contributed by atoms with van der Waals surface area (Å²) in [6.07, 6.45) is 2.48. The second kappa shape index (κ2) is 6.86. The lowest BCUT2D eigenvalue weighted by Gasteiger charge is -2.24. The number of nitrogens with one attached hydrogen (secondary N) is 1. The number of hydrogen-bond donors (Lipinski definition) is 1. The van der Waals surface area contributed by atoms with E-state index >= 15 is 0 Å². The van der Waals surface area contributed by atoms with E-state index in [1.54, 1.807) is 0 Å². The van der Waals surface area contributed by atoms with Gasteiger partial charge in [-0.2, -0.15) is 0 Å². The molecule has 1 N–H and O–H groups in total. The van der Waals surface area contributed by atoms with E-state index in [2.05, 4.69) is 10.5 Å². The molecular weight excluding hydrogens is 292 g/mol. The summed E-state index contributed by atoms with van der Waals surface area (Å²) >= 11 is 0. The molecule has 0 fully saturated rings. The van der Waals surface area contributed by atoms with Crippen LogP contribution in [0.1, 0.15) is 29.0 Å². The summed E-state index contributed by atoms with van der Waals surface area (Å²) in [6, 6.07) is 7.90. The molecule has 2 aromatic rings. The third kappa shape index (κ3) is 3.55. The van der Waals surface area contributed by atoms with E-state index in [9.17, 15) is 4.79 Å². The molecular formula is C18H22N2O3. The van der Waals surface area contributed by atoms with Crippen LogP contribution in [0.5, 0.6) is 5.75 Å². The van der Waals surface area contributed by atoms with Crippen LogP contribution in [0.15, 0.2) is 28.8 Å². The van der Waals surface area contributed by atoms with Gasteiger partial charge in [0.1, 0.15) is 18.1 Å². The van der Waals surface area contributed by atoms with Crippen molar-refractivity contribution in [3.8, 4) is 5.75 Å². The molecule has 3 rings (SSSR count). The Balaban J connectivity index is 1.45. The third-order valence-electron chi connectivity index (χ3n) is 4.33. The summed E-state index contributed by atoms with van der Waals surface area (Å²) in [4.78, 5) is 12.3. The Morgan fingerprint density at radius 3 is 2.96 bits per heavy atom. The van der Waals surface area contributed by atoms with Crippen LogP contribution in [-0.2, 0) is 17.6 Å². The lowest BCUT2D eigenvalue weighted by molar-refractivity contribution is -0.126. The van der Waals surface area contributed by atoms with Crippen molar-refractivity contribution in [3.05, 3.63) is 46.8 Å². The lowest BCUT2D eigenvalue weighted by atomic mass is 9.96. The van der Waals surface area contributed by atoms with Crippen LogP contribution < -0.4 is 10.1 Å². The maximum Gasteiger partial charge on any atom is 0.226 e. The van der Waals surface area contributed by atoms with E-state index in [1.165, 1.54) is 0 Å². The summed E-state index contributed by atoms with van der Waals surface area (Å²) in [7, 11) is 0. The number of para-hydroxylation sites is 1. The van der Waals surface area contributed by atoms with Gasteiger partial charge >= 0.3 is 0 Å². The maximum absolute atomic E-state index is 12.3. The number of carbonyl (C=O) groups excluding carboxylic acids is 1. The lowest BCUT2D eigenvalue weighted by Crippen LogP contribution is -2.37. The number of aromatic nitrogens is 1. The molecule has 5 nitrogen and oxygen atoms in total. The molecule has 5 heteroatoms. The van der Waals surface area contributed by atoms with E-state index in [4.69, 9.17) is 9.26 Å². The highest BCUT2D eigenvalue weighted by Gasteiger charge is 2.25. The molecule has 0 saturated heterocycles. The van der Waals surface area contributed by atoms with Crippen molar-refractivity contribution >= 4 is 5.91 Å². The Kier molecular flexibility index (Phi) is 4.65. The molecule has 1 unspecified atom stereocenters. The Morgan fingerprint density at radius 1 is 1.35 bits per heavy atom. The van der Waals surface area contributed by atoms with Gasteiger partial charge in [-0.1, -0.05) is 23.4 Å². The second-order valence-electron chi connectivity index (χ2n) is 6.02. The van der Waals surface area contributed by atoms with Crippen LogP contribution in [0.2, 0.25) is 0 Å². The molecule has 1 aliphatic heterocycles. The first kappa shape index (κ1) is 15.6. The quantitative estimate of drug-likeness (QED) is 0.862. The van der Waals surface area contributed by atoms with Gasteiger partial charge in [0.2, 0.25) is 5.91 Å². The molecule has 122 valence electrons.